The lowest BCUT2D eigenvalue weighted by Gasteiger charge is -2.20. The number of nitrogens with zero attached hydrogens (tertiary/aromatic N) is 1. The molecule has 116 valence electrons. The van der Waals surface area contributed by atoms with Crippen LogP contribution in [-0.4, -0.2) is 24.0 Å². The molecule has 0 aliphatic rings. The minimum atomic E-state index is -0.176. The Morgan fingerprint density at radius 2 is 1.82 bits per heavy atom. The molecule has 4 nitrogen and oxygen atoms in total. The second-order valence-electron chi connectivity index (χ2n) is 4.66. The van der Waals surface area contributed by atoms with Crippen molar-refractivity contribution >= 4 is 23.3 Å². The second kappa shape index (κ2) is 7.71. The van der Waals surface area contributed by atoms with Crippen molar-refractivity contribution < 1.29 is 9.53 Å². The summed E-state index contributed by atoms with van der Waals surface area (Å²) in [6, 6.07) is 14.4. The van der Waals surface area contributed by atoms with E-state index in [9.17, 15) is 4.79 Å². The highest BCUT2D eigenvalue weighted by molar-refractivity contribution is 6.31. The summed E-state index contributed by atoms with van der Waals surface area (Å²) >= 11 is 6.03. The van der Waals surface area contributed by atoms with Gasteiger partial charge in [-0.1, -0.05) is 29.8 Å². The van der Waals surface area contributed by atoms with E-state index >= 15 is 0 Å². The van der Waals surface area contributed by atoms with Gasteiger partial charge >= 0.3 is 6.03 Å². The normalized spacial score (nSPS) is 10.1. The van der Waals surface area contributed by atoms with Crippen molar-refractivity contribution in [1.82, 2.24) is 4.90 Å². The lowest BCUT2D eigenvalue weighted by Crippen LogP contribution is -2.34. The Hall–Kier alpha value is -2.20. The molecule has 0 spiro atoms. The van der Waals surface area contributed by atoms with Gasteiger partial charge < -0.3 is 15.0 Å². The van der Waals surface area contributed by atoms with Crippen LogP contribution in [0.3, 0.4) is 0 Å². The molecule has 1 N–H and O–H groups in total. The molecular weight excluding hydrogens is 300 g/mol. The zero-order chi connectivity index (χ0) is 15.9. The number of rotatable bonds is 5. The lowest BCUT2D eigenvalue weighted by atomic mass is 10.3. The molecule has 0 fully saturated rings. The summed E-state index contributed by atoms with van der Waals surface area (Å²) in [6.07, 6.45) is 0. The summed E-state index contributed by atoms with van der Waals surface area (Å²) in [7, 11) is 0. The Morgan fingerprint density at radius 3 is 2.45 bits per heavy atom. The lowest BCUT2D eigenvalue weighted by molar-refractivity contribution is 0.217. The van der Waals surface area contributed by atoms with E-state index in [0.29, 0.717) is 35.3 Å². The highest BCUT2D eigenvalue weighted by atomic mass is 35.5. The van der Waals surface area contributed by atoms with Gasteiger partial charge in [-0.2, -0.15) is 0 Å². The topological polar surface area (TPSA) is 41.6 Å². The number of carbonyl (C=O) groups is 1. The number of hydrogen-bond donors (Lipinski definition) is 1. The number of carbonyl (C=O) groups excluding carboxylic acids is 1. The van der Waals surface area contributed by atoms with Crippen LogP contribution in [0.15, 0.2) is 48.5 Å². The minimum Gasteiger partial charge on any atom is -0.455 e. The van der Waals surface area contributed by atoms with Crippen molar-refractivity contribution in [2.75, 3.05) is 18.4 Å². The summed E-state index contributed by atoms with van der Waals surface area (Å²) in [5.74, 6) is 1.25. The van der Waals surface area contributed by atoms with Crippen molar-refractivity contribution in [3.8, 4) is 11.5 Å². The monoisotopic (exact) mass is 318 g/mol. The first-order valence-electron chi connectivity index (χ1n) is 7.22. The van der Waals surface area contributed by atoms with E-state index in [1.165, 1.54) is 0 Å². The maximum atomic E-state index is 12.2. The molecule has 0 atom stereocenters. The molecule has 0 aromatic heterocycles. The van der Waals surface area contributed by atoms with Gasteiger partial charge in [0.05, 0.1) is 5.69 Å². The number of hydrogen-bond acceptors (Lipinski definition) is 2. The third-order valence-corrected chi connectivity index (χ3v) is 3.44. The zero-order valence-corrected chi connectivity index (χ0v) is 13.4. The average molecular weight is 319 g/mol. The maximum absolute atomic E-state index is 12.2. The van der Waals surface area contributed by atoms with Crippen LogP contribution in [0.4, 0.5) is 10.5 Å². The maximum Gasteiger partial charge on any atom is 0.321 e. The van der Waals surface area contributed by atoms with Gasteiger partial charge in [-0.15, -0.1) is 0 Å². The summed E-state index contributed by atoms with van der Waals surface area (Å²) < 4.78 is 5.82. The molecule has 22 heavy (non-hydrogen) atoms. The first-order valence-corrected chi connectivity index (χ1v) is 7.60. The molecule has 0 unspecified atom stereocenters. The molecule has 0 heterocycles. The minimum absolute atomic E-state index is 0.176. The molecule has 2 aromatic carbocycles. The predicted molar refractivity (Wildman–Crippen MR) is 89.9 cm³/mol. The number of halogens is 1. The highest BCUT2D eigenvalue weighted by Crippen LogP contribution is 2.32. The molecule has 0 saturated carbocycles. The summed E-state index contributed by atoms with van der Waals surface area (Å²) in [5.41, 5.74) is 0.549. The molecule has 2 aromatic rings. The number of urea groups is 1. The number of para-hydroxylation sites is 1. The average Bonchev–Trinajstić information content (AvgIpc) is 2.52. The van der Waals surface area contributed by atoms with Crippen molar-refractivity contribution in [2.45, 2.75) is 13.8 Å². The molecule has 5 heteroatoms. The Morgan fingerprint density at radius 1 is 1.14 bits per heavy atom. The van der Waals surface area contributed by atoms with Crippen LogP contribution in [0.2, 0.25) is 5.02 Å². The predicted octanol–water partition coefficient (Wildman–Crippen LogP) is 5.01. The highest BCUT2D eigenvalue weighted by Gasteiger charge is 2.13. The number of anilines is 1. The van der Waals surface area contributed by atoms with Crippen LogP contribution in [0.5, 0.6) is 11.5 Å². The number of ether oxygens (including phenoxy) is 1. The van der Waals surface area contributed by atoms with Gasteiger partial charge in [-0.25, -0.2) is 4.79 Å². The van der Waals surface area contributed by atoms with E-state index in [0.717, 1.165) is 0 Å². The van der Waals surface area contributed by atoms with Crippen molar-refractivity contribution in [1.29, 1.82) is 0 Å². The summed E-state index contributed by atoms with van der Waals surface area (Å²) in [4.78, 5) is 13.9. The van der Waals surface area contributed by atoms with Crippen LogP contribution in [0, 0.1) is 0 Å². The molecular formula is C17H19ClN2O2. The van der Waals surface area contributed by atoms with Crippen LogP contribution >= 0.6 is 11.6 Å². The largest absolute Gasteiger partial charge is 0.455 e. The third kappa shape index (κ3) is 4.15. The Kier molecular flexibility index (Phi) is 5.67. The van der Waals surface area contributed by atoms with E-state index in [1.54, 1.807) is 23.1 Å². The van der Waals surface area contributed by atoms with Crippen molar-refractivity contribution in [3.05, 3.63) is 53.6 Å². The van der Waals surface area contributed by atoms with Crippen LogP contribution in [0.1, 0.15) is 13.8 Å². The molecule has 0 radical (unpaired) electrons. The van der Waals surface area contributed by atoms with Crippen LogP contribution < -0.4 is 10.1 Å². The Balaban J connectivity index is 2.22. The third-order valence-electron chi connectivity index (χ3n) is 3.20. The standard InChI is InChI=1S/C17H19ClN2O2/c1-3-20(4-2)17(21)19-15-12-13(18)10-11-16(15)22-14-8-6-5-7-9-14/h5-12H,3-4H2,1-2H3,(H,19,21). The SMILES string of the molecule is CCN(CC)C(=O)Nc1cc(Cl)ccc1Oc1ccccc1. The van der Waals surface area contributed by atoms with Crippen molar-refractivity contribution in [2.24, 2.45) is 0 Å². The fraction of sp³-hybridized carbons (Fsp3) is 0.235. The van der Waals surface area contributed by atoms with E-state index in [1.807, 2.05) is 44.2 Å². The van der Waals surface area contributed by atoms with Gasteiger partial charge in [0, 0.05) is 18.1 Å². The first-order chi connectivity index (χ1) is 10.6. The smallest absolute Gasteiger partial charge is 0.321 e. The molecule has 0 aliphatic carbocycles. The molecule has 0 saturated heterocycles. The van der Waals surface area contributed by atoms with Gasteiger partial charge in [0.2, 0.25) is 0 Å². The molecule has 2 amide bonds. The van der Waals surface area contributed by atoms with Crippen LogP contribution in [-0.2, 0) is 0 Å². The number of benzene rings is 2. The van der Waals surface area contributed by atoms with E-state index in [-0.39, 0.29) is 6.03 Å². The van der Waals surface area contributed by atoms with Gasteiger partial charge in [-0.3, -0.25) is 0 Å². The quantitative estimate of drug-likeness (QED) is 0.842. The first kappa shape index (κ1) is 16.2. The Labute approximate surface area is 135 Å². The van der Waals surface area contributed by atoms with Gasteiger partial charge in [0.15, 0.2) is 5.75 Å². The zero-order valence-electron chi connectivity index (χ0n) is 12.7. The number of nitrogens with one attached hydrogen (secondary N) is 1. The molecule has 2 rings (SSSR count). The van der Waals surface area contributed by atoms with Gasteiger partial charge in [0.25, 0.3) is 0 Å². The fourth-order valence-corrected chi connectivity index (χ4v) is 2.18. The second-order valence-corrected chi connectivity index (χ2v) is 5.09. The van der Waals surface area contributed by atoms with Crippen molar-refractivity contribution in [3.63, 3.8) is 0 Å². The van der Waals surface area contributed by atoms with Gasteiger partial charge in [-0.05, 0) is 44.2 Å². The fourth-order valence-electron chi connectivity index (χ4n) is 2.01. The van der Waals surface area contributed by atoms with E-state index in [4.69, 9.17) is 16.3 Å². The summed E-state index contributed by atoms with van der Waals surface area (Å²) in [6.45, 7) is 5.14. The van der Waals surface area contributed by atoms with E-state index < -0.39 is 0 Å². The van der Waals surface area contributed by atoms with E-state index in [2.05, 4.69) is 5.32 Å². The summed E-state index contributed by atoms with van der Waals surface area (Å²) in [5, 5.41) is 3.39. The molecule has 0 aliphatic heterocycles. The number of amides is 2. The Bertz CT molecular complexity index is 628. The van der Waals surface area contributed by atoms with Gasteiger partial charge in [0.1, 0.15) is 5.75 Å². The van der Waals surface area contributed by atoms with Crippen LogP contribution in [0.25, 0.3) is 0 Å². The molecule has 0 bridgehead atoms.